The SMILES string of the molecule is CCOC(N)=O.COOC(N)=O. The van der Waals surface area contributed by atoms with Crippen molar-refractivity contribution in [2.24, 2.45) is 11.5 Å². The van der Waals surface area contributed by atoms with Crippen molar-refractivity contribution in [2.75, 3.05) is 13.7 Å². The van der Waals surface area contributed by atoms with Crippen molar-refractivity contribution in [3.8, 4) is 0 Å². The van der Waals surface area contributed by atoms with Crippen molar-refractivity contribution < 1.29 is 24.1 Å². The average Bonchev–Trinajstić information content (AvgIpc) is 1.87. The van der Waals surface area contributed by atoms with Crippen LogP contribution >= 0.6 is 0 Å². The fourth-order valence-corrected chi connectivity index (χ4v) is 0.224. The number of primary amides is 2. The Bertz CT molecular complexity index is 122. The number of amides is 2. The summed E-state index contributed by atoms with van der Waals surface area (Å²) in [6.45, 7) is 2.06. The van der Waals surface area contributed by atoms with E-state index in [-0.39, 0.29) is 0 Å². The average molecular weight is 180 g/mol. The summed E-state index contributed by atoms with van der Waals surface area (Å²) in [6, 6.07) is 0. The van der Waals surface area contributed by atoms with Gasteiger partial charge in [-0.05, 0) is 6.92 Å². The van der Waals surface area contributed by atoms with E-state index in [4.69, 9.17) is 0 Å². The Balaban J connectivity index is 0. The van der Waals surface area contributed by atoms with Crippen LogP contribution in [0.15, 0.2) is 0 Å². The molecule has 12 heavy (non-hydrogen) atoms. The van der Waals surface area contributed by atoms with Crippen molar-refractivity contribution in [1.29, 1.82) is 0 Å². The van der Waals surface area contributed by atoms with Crippen LogP contribution in [0.2, 0.25) is 0 Å². The minimum Gasteiger partial charge on any atom is -0.450 e. The highest BCUT2D eigenvalue weighted by Crippen LogP contribution is 1.66. The Hall–Kier alpha value is -1.50. The van der Waals surface area contributed by atoms with Crippen LogP contribution in [0, 0.1) is 0 Å². The van der Waals surface area contributed by atoms with Gasteiger partial charge in [0.05, 0.1) is 13.7 Å². The van der Waals surface area contributed by atoms with Gasteiger partial charge in [-0.15, -0.1) is 0 Å². The molecule has 7 nitrogen and oxygen atoms in total. The molecule has 4 N–H and O–H groups in total. The third-order valence-electron chi connectivity index (χ3n) is 0.452. The minimum atomic E-state index is -0.933. The summed E-state index contributed by atoms with van der Waals surface area (Å²) < 4.78 is 4.18. The van der Waals surface area contributed by atoms with Gasteiger partial charge in [-0.1, -0.05) is 0 Å². The van der Waals surface area contributed by atoms with Crippen LogP contribution in [-0.2, 0) is 14.5 Å². The van der Waals surface area contributed by atoms with Gasteiger partial charge >= 0.3 is 12.2 Å². The van der Waals surface area contributed by atoms with Gasteiger partial charge in [0.1, 0.15) is 0 Å². The smallest absolute Gasteiger partial charge is 0.436 e. The summed E-state index contributed by atoms with van der Waals surface area (Å²) in [7, 11) is 1.20. The number of ether oxygens (including phenoxy) is 1. The molecule has 72 valence electrons. The van der Waals surface area contributed by atoms with E-state index < -0.39 is 12.2 Å². The summed E-state index contributed by atoms with van der Waals surface area (Å²) in [5.41, 5.74) is 8.96. The Kier molecular flexibility index (Phi) is 10.4. The molecule has 0 radical (unpaired) electrons. The molecule has 0 bridgehead atoms. The number of carbonyl (C=O) groups is 2. The molecule has 0 fully saturated rings. The molecule has 0 saturated heterocycles. The van der Waals surface area contributed by atoms with E-state index in [0.717, 1.165) is 0 Å². The highest BCUT2D eigenvalue weighted by Gasteiger charge is 1.84. The van der Waals surface area contributed by atoms with Crippen molar-refractivity contribution in [3.63, 3.8) is 0 Å². The van der Waals surface area contributed by atoms with E-state index >= 15 is 0 Å². The molecule has 0 aliphatic carbocycles. The van der Waals surface area contributed by atoms with Crippen molar-refractivity contribution >= 4 is 12.2 Å². The molecule has 0 aromatic heterocycles. The first-order valence-electron chi connectivity index (χ1n) is 2.96. The predicted octanol–water partition coefficient (Wildman–Crippen LogP) is -0.255. The fraction of sp³-hybridized carbons (Fsp3) is 0.600. The molecule has 0 rings (SSSR count). The summed E-state index contributed by atoms with van der Waals surface area (Å²) in [4.78, 5) is 26.6. The lowest BCUT2D eigenvalue weighted by Crippen LogP contribution is -2.11. The number of nitrogens with two attached hydrogens (primary N) is 2. The van der Waals surface area contributed by atoms with Crippen LogP contribution in [0.3, 0.4) is 0 Å². The van der Waals surface area contributed by atoms with E-state index in [1.165, 1.54) is 7.11 Å². The van der Waals surface area contributed by atoms with Gasteiger partial charge in [0.25, 0.3) is 0 Å². The van der Waals surface area contributed by atoms with E-state index in [2.05, 4.69) is 26.0 Å². The molecule has 0 saturated carbocycles. The maximum Gasteiger partial charge on any atom is 0.436 e. The lowest BCUT2D eigenvalue weighted by Gasteiger charge is -1.89. The fourth-order valence-electron chi connectivity index (χ4n) is 0.224. The van der Waals surface area contributed by atoms with E-state index in [9.17, 15) is 9.59 Å². The Morgan fingerprint density at radius 3 is 1.75 bits per heavy atom. The second kappa shape index (κ2) is 9.50. The van der Waals surface area contributed by atoms with Gasteiger partial charge in [0, 0.05) is 0 Å². The monoisotopic (exact) mass is 180 g/mol. The second-order valence-corrected chi connectivity index (χ2v) is 1.32. The van der Waals surface area contributed by atoms with Crippen LogP contribution in [0.1, 0.15) is 6.92 Å². The number of carbonyl (C=O) groups excluding carboxylic acids is 2. The molecule has 0 aromatic carbocycles. The number of rotatable bonds is 2. The van der Waals surface area contributed by atoms with Gasteiger partial charge in [-0.3, -0.25) is 4.89 Å². The summed E-state index contributed by atoms with van der Waals surface area (Å²) in [5, 5.41) is 0. The lowest BCUT2D eigenvalue weighted by molar-refractivity contribution is -0.210. The van der Waals surface area contributed by atoms with Gasteiger partial charge in [0.2, 0.25) is 0 Å². The molecule has 0 aliphatic rings. The van der Waals surface area contributed by atoms with E-state index in [0.29, 0.717) is 6.61 Å². The highest BCUT2D eigenvalue weighted by atomic mass is 17.2. The molecule has 0 unspecified atom stereocenters. The Labute approximate surface area is 69.5 Å². The molecule has 0 aliphatic heterocycles. The van der Waals surface area contributed by atoms with Gasteiger partial charge < -0.3 is 16.2 Å². The highest BCUT2D eigenvalue weighted by molar-refractivity contribution is 5.64. The molecule has 0 atom stereocenters. The molecular weight excluding hydrogens is 168 g/mol. The first kappa shape index (κ1) is 13.1. The normalized spacial score (nSPS) is 7.50. The van der Waals surface area contributed by atoms with Crippen LogP contribution in [0.5, 0.6) is 0 Å². The second-order valence-electron chi connectivity index (χ2n) is 1.32. The maximum atomic E-state index is 9.60. The molecule has 0 aromatic rings. The molecular formula is C5H12N2O5. The first-order chi connectivity index (χ1) is 5.54. The predicted molar refractivity (Wildman–Crippen MR) is 38.9 cm³/mol. The summed E-state index contributed by atoms with van der Waals surface area (Å²) in [5.74, 6) is 0. The molecule has 0 heterocycles. The zero-order chi connectivity index (χ0) is 9.98. The van der Waals surface area contributed by atoms with Gasteiger partial charge in [0.15, 0.2) is 0 Å². The molecule has 0 spiro atoms. The quantitative estimate of drug-likeness (QED) is 0.449. The topological polar surface area (TPSA) is 114 Å². The maximum absolute atomic E-state index is 9.60. The van der Waals surface area contributed by atoms with Crippen molar-refractivity contribution in [3.05, 3.63) is 0 Å². The van der Waals surface area contributed by atoms with Crippen LogP contribution < -0.4 is 11.5 Å². The summed E-state index contributed by atoms with van der Waals surface area (Å²) >= 11 is 0. The third kappa shape index (κ3) is 23.6. The Morgan fingerprint density at radius 1 is 1.25 bits per heavy atom. The third-order valence-corrected chi connectivity index (χ3v) is 0.452. The van der Waals surface area contributed by atoms with Crippen molar-refractivity contribution in [2.45, 2.75) is 6.92 Å². The van der Waals surface area contributed by atoms with Crippen molar-refractivity contribution in [1.82, 2.24) is 0 Å². The van der Waals surface area contributed by atoms with Gasteiger partial charge in [-0.2, -0.15) is 4.89 Å². The van der Waals surface area contributed by atoms with Crippen LogP contribution in [0.25, 0.3) is 0 Å². The lowest BCUT2D eigenvalue weighted by atomic mass is 10.9. The zero-order valence-corrected chi connectivity index (χ0v) is 6.90. The first-order valence-corrected chi connectivity index (χ1v) is 2.96. The van der Waals surface area contributed by atoms with Gasteiger partial charge in [-0.25, -0.2) is 9.59 Å². The molecule has 2 amide bonds. The van der Waals surface area contributed by atoms with E-state index in [1.807, 2.05) is 0 Å². The zero-order valence-electron chi connectivity index (χ0n) is 6.90. The number of hydrogen-bond donors (Lipinski definition) is 2. The summed E-state index contributed by atoms with van der Waals surface area (Å²) in [6.07, 6.45) is -1.64. The minimum absolute atomic E-state index is 0.356. The van der Waals surface area contributed by atoms with E-state index in [1.54, 1.807) is 6.92 Å². The largest absolute Gasteiger partial charge is 0.450 e. The van der Waals surface area contributed by atoms with Crippen LogP contribution in [0.4, 0.5) is 9.59 Å². The molecule has 7 heteroatoms. The van der Waals surface area contributed by atoms with Crippen LogP contribution in [-0.4, -0.2) is 25.9 Å². The standard InChI is InChI=1S/C3H7NO2.C2H5NO3/c1-2-6-3(4)5;1-5-6-2(3)4/h2H2,1H3,(H2,4,5);1H3,(H2,3,4). The Morgan fingerprint density at radius 2 is 1.75 bits per heavy atom. The number of hydrogen-bond acceptors (Lipinski definition) is 5.